The van der Waals surface area contributed by atoms with Gasteiger partial charge in [0.05, 0.1) is 4.92 Å². The average molecular weight is 244 g/mol. The Morgan fingerprint density at radius 1 is 1.56 bits per heavy atom. The Morgan fingerprint density at radius 2 is 2.25 bits per heavy atom. The maximum absolute atomic E-state index is 11.6. The highest BCUT2D eigenvalue weighted by Crippen LogP contribution is 2.27. The van der Waals surface area contributed by atoms with E-state index in [2.05, 4.69) is 5.32 Å². The third kappa shape index (κ3) is 2.68. The number of rotatable bonds is 4. The SMILES string of the molecule is NCCNC(=O)c1cccc(Cl)c1[N+](=O)[O-]. The summed E-state index contributed by atoms with van der Waals surface area (Å²) in [6.45, 7) is 0.516. The van der Waals surface area contributed by atoms with Crippen molar-refractivity contribution in [2.24, 2.45) is 5.73 Å². The molecule has 0 atom stereocenters. The van der Waals surface area contributed by atoms with Gasteiger partial charge >= 0.3 is 5.69 Å². The van der Waals surface area contributed by atoms with Gasteiger partial charge in [-0.25, -0.2) is 0 Å². The first-order chi connectivity index (χ1) is 7.57. The van der Waals surface area contributed by atoms with E-state index in [9.17, 15) is 14.9 Å². The number of hydrogen-bond acceptors (Lipinski definition) is 4. The van der Waals surface area contributed by atoms with Crippen LogP contribution in [0.5, 0.6) is 0 Å². The van der Waals surface area contributed by atoms with Crippen LogP contribution in [0.1, 0.15) is 10.4 Å². The van der Waals surface area contributed by atoms with Crippen LogP contribution in [-0.2, 0) is 0 Å². The van der Waals surface area contributed by atoms with Crippen molar-refractivity contribution >= 4 is 23.2 Å². The largest absolute Gasteiger partial charge is 0.351 e. The number of nitrogens with one attached hydrogen (secondary N) is 1. The van der Waals surface area contributed by atoms with Gasteiger partial charge in [0.15, 0.2) is 0 Å². The van der Waals surface area contributed by atoms with Gasteiger partial charge in [-0.2, -0.15) is 0 Å². The first-order valence-electron chi connectivity index (χ1n) is 4.49. The molecule has 0 spiro atoms. The maximum atomic E-state index is 11.6. The number of halogens is 1. The highest BCUT2D eigenvalue weighted by molar-refractivity contribution is 6.33. The summed E-state index contributed by atoms with van der Waals surface area (Å²) >= 11 is 5.66. The van der Waals surface area contributed by atoms with Crippen molar-refractivity contribution in [3.05, 3.63) is 38.9 Å². The van der Waals surface area contributed by atoms with E-state index >= 15 is 0 Å². The molecule has 1 amide bonds. The van der Waals surface area contributed by atoms with Crippen molar-refractivity contribution in [1.82, 2.24) is 5.32 Å². The molecule has 0 unspecified atom stereocenters. The van der Waals surface area contributed by atoms with Gasteiger partial charge in [0.25, 0.3) is 5.91 Å². The van der Waals surface area contributed by atoms with Crippen LogP contribution in [0.4, 0.5) is 5.69 Å². The lowest BCUT2D eigenvalue weighted by Crippen LogP contribution is -2.29. The van der Waals surface area contributed by atoms with Crippen LogP contribution >= 0.6 is 11.6 Å². The summed E-state index contributed by atoms with van der Waals surface area (Å²) < 4.78 is 0. The van der Waals surface area contributed by atoms with Crippen LogP contribution in [0, 0.1) is 10.1 Å². The van der Waals surface area contributed by atoms with Crippen molar-refractivity contribution < 1.29 is 9.72 Å². The van der Waals surface area contributed by atoms with Crippen LogP contribution in [0.25, 0.3) is 0 Å². The quantitative estimate of drug-likeness (QED) is 0.607. The smallest absolute Gasteiger partial charge is 0.300 e. The minimum absolute atomic E-state index is 0.0639. The number of carbonyl (C=O) groups is 1. The lowest BCUT2D eigenvalue weighted by molar-refractivity contribution is -0.385. The van der Waals surface area contributed by atoms with Crippen molar-refractivity contribution in [3.63, 3.8) is 0 Å². The van der Waals surface area contributed by atoms with Crippen molar-refractivity contribution in [3.8, 4) is 0 Å². The fourth-order valence-corrected chi connectivity index (χ4v) is 1.41. The van der Waals surface area contributed by atoms with Crippen LogP contribution in [0.3, 0.4) is 0 Å². The number of nitrogens with zero attached hydrogens (tertiary/aromatic N) is 1. The van der Waals surface area contributed by atoms with Crippen LogP contribution in [0.15, 0.2) is 18.2 Å². The van der Waals surface area contributed by atoms with E-state index in [1.165, 1.54) is 18.2 Å². The minimum Gasteiger partial charge on any atom is -0.351 e. The van der Waals surface area contributed by atoms with Crippen LogP contribution in [0.2, 0.25) is 5.02 Å². The number of benzene rings is 1. The molecular weight excluding hydrogens is 234 g/mol. The molecule has 3 N–H and O–H groups in total. The second-order valence-electron chi connectivity index (χ2n) is 2.94. The van der Waals surface area contributed by atoms with Crippen molar-refractivity contribution in [2.75, 3.05) is 13.1 Å². The zero-order valence-electron chi connectivity index (χ0n) is 8.27. The molecule has 0 saturated carbocycles. The molecule has 0 heterocycles. The molecule has 0 aliphatic rings. The molecular formula is C9H10ClN3O3. The summed E-state index contributed by atoms with van der Waals surface area (Å²) in [5.74, 6) is -0.556. The first-order valence-corrected chi connectivity index (χ1v) is 4.87. The van der Waals surface area contributed by atoms with Gasteiger partial charge in [0, 0.05) is 13.1 Å². The second kappa shape index (κ2) is 5.43. The Labute approximate surface area is 96.5 Å². The van der Waals surface area contributed by atoms with Crippen molar-refractivity contribution in [1.29, 1.82) is 0 Å². The predicted molar refractivity (Wildman–Crippen MR) is 59.5 cm³/mol. The molecule has 7 heteroatoms. The van der Waals surface area contributed by atoms with E-state index in [1.54, 1.807) is 0 Å². The number of nitro benzene ring substituents is 1. The number of amides is 1. The molecule has 0 saturated heterocycles. The fourth-order valence-electron chi connectivity index (χ4n) is 1.17. The lowest BCUT2D eigenvalue weighted by Gasteiger charge is -2.04. The molecule has 0 bridgehead atoms. The number of nitro groups is 1. The van der Waals surface area contributed by atoms with Gasteiger partial charge in [0.2, 0.25) is 0 Å². The van der Waals surface area contributed by atoms with E-state index in [0.29, 0.717) is 0 Å². The molecule has 0 aromatic heterocycles. The van der Waals surface area contributed by atoms with E-state index in [0.717, 1.165) is 0 Å². The standard InChI is InChI=1S/C9H10ClN3O3/c10-7-3-1-2-6(8(7)13(15)16)9(14)12-5-4-11/h1-3H,4-5,11H2,(H,12,14). The topological polar surface area (TPSA) is 98.3 Å². The molecule has 1 aromatic carbocycles. The van der Waals surface area contributed by atoms with E-state index < -0.39 is 16.5 Å². The van der Waals surface area contributed by atoms with E-state index in [-0.39, 0.29) is 23.7 Å². The lowest BCUT2D eigenvalue weighted by atomic mass is 10.1. The zero-order valence-corrected chi connectivity index (χ0v) is 9.03. The molecule has 0 fully saturated rings. The molecule has 1 rings (SSSR count). The van der Waals surface area contributed by atoms with Gasteiger partial charge in [-0.3, -0.25) is 14.9 Å². The van der Waals surface area contributed by atoms with Gasteiger partial charge in [-0.15, -0.1) is 0 Å². The highest BCUT2D eigenvalue weighted by atomic mass is 35.5. The summed E-state index contributed by atoms with van der Waals surface area (Å²) in [7, 11) is 0. The van der Waals surface area contributed by atoms with Crippen LogP contribution < -0.4 is 11.1 Å². The molecule has 86 valence electrons. The minimum atomic E-state index is -0.681. The third-order valence-corrected chi connectivity index (χ3v) is 2.15. The van der Waals surface area contributed by atoms with Gasteiger partial charge < -0.3 is 11.1 Å². The number of nitrogens with two attached hydrogens (primary N) is 1. The summed E-state index contributed by atoms with van der Waals surface area (Å²) in [5, 5.41) is 13.1. The maximum Gasteiger partial charge on any atom is 0.300 e. The Balaban J connectivity index is 3.08. The molecule has 0 radical (unpaired) electrons. The van der Waals surface area contributed by atoms with Gasteiger partial charge in [-0.1, -0.05) is 17.7 Å². The van der Waals surface area contributed by atoms with E-state index in [1.807, 2.05) is 0 Å². The second-order valence-corrected chi connectivity index (χ2v) is 3.34. The van der Waals surface area contributed by atoms with Crippen molar-refractivity contribution in [2.45, 2.75) is 0 Å². The van der Waals surface area contributed by atoms with Crippen LogP contribution in [-0.4, -0.2) is 23.9 Å². The highest BCUT2D eigenvalue weighted by Gasteiger charge is 2.22. The summed E-state index contributed by atoms with van der Waals surface area (Å²) in [6, 6.07) is 4.18. The summed E-state index contributed by atoms with van der Waals surface area (Å²) in [4.78, 5) is 21.6. The molecule has 0 aliphatic heterocycles. The monoisotopic (exact) mass is 243 g/mol. The van der Waals surface area contributed by atoms with Gasteiger partial charge in [-0.05, 0) is 12.1 Å². The Hall–Kier alpha value is -1.66. The molecule has 1 aromatic rings. The Morgan fingerprint density at radius 3 is 2.81 bits per heavy atom. The molecule has 16 heavy (non-hydrogen) atoms. The summed E-state index contributed by atoms with van der Waals surface area (Å²) in [6.07, 6.45) is 0. The first kappa shape index (κ1) is 12.4. The Bertz CT molecular complexity index is 422. The number of hydrogen-bond donors (Lipinski definition) is 2. The van der Waals surface area contributed by atoms with Gasteiger partial charge in [0.1, 0.15) is 10.6 Å². The number of carbonyl (C=O) groups excluding carboxylic acids is 1. The molecule has 0 aliphatic carbocycles. The number of para-hydroxylation sites is 1. The van der Waals surface area contributed by atoms with E-state index in [4.69, 9.17) is 17.3 Å². The average Bonchev–Trinajstić information content (AvgIpc) is 2.24. The molecule has 6 nitrogen and oxygen atoms in total. The summed E-state index contributed by atoms with van der Waals surface area (Å²) in [5.41, 5.74) is 4.75. The normalized spacial score (nSPS) is 9.88. The zero-order chi connectivity index (χ0) is 12.1. The third-order valence-electron chi connectivity index (χ3n) is 1.84. The Kier molecular flexibility index (Phi) is 4.21. The fraction of sp³-hybridized carbons (Fsp3) is 0.222. The predicted octanol–water partition coefficient (Wildman–Crippen LogP) is 0.937.